The van der Waals surface area contributed by atoms with Crippen LogP contribution in [-0.4, -0.2) is 52.4 Å². The zero-order chi connectivity index (χ0) is 12.8. The maximum absolute atomic E-state index is 9.85. The van der Waals surface area contributed by atoms with Gasteiger partial charge in [-0.2, -0.15) is 0 Å². The Labute approximate surface area is 98.4 Å². The first-order valence-corrected chi connectivity index (χ1v) is 7.18. The van der Waals surface area contributed by atoms with Gasteiger partial charge in [-0.25, -0.2) is 0 Å². The van der Waals surface area contributed by atoms with Gasteiger partial charge in [0, 0.05) is 20.0 Å². The van der Waals surface area contributed by atoms with Gasteiger partial charge in [-0.15, -0.1) is 0 Å². The van der Waals surface area contributed by atoms with Crippen molar-refractivity contribution in [2.45, 2.75) is 32.7 Å². The zero-order valence-corrected chi connectivity index (χ0v) is 11.2. The van der Waals surface area contributed by atoms with Crippen LogP contribution in [-0.2, 0) is 4.74 Å². The molecule has 7 heteroatoms. The first-order chi connectivity index (χ1) is 7.21. The monoisotopic (exact) mass is 261 g/mol. The van der Waals surface area contributed by atoms with Crippen LogP contribution in [0.4, 0.5) is 14.1 Å². The molecule has 1 aliphatic heterocycles. The lowest BCUT2D eigenvalue weighted by atomic mass is 10.3. The highest BCUT2D eigenvalue weighted by molar-refractivity contribution is 6.50. The van der Waals surface area contributed by atoms with Crippen LogP contribution in [0.2, 0.25) is 0 Å². The first kappa shape index (κ1) is 16.2. The van der Waals surface area contributed by atoms with Crippen LogP contribution in [0.1, 0.15) is 26.7 Å². The summed E-state index contributed by atoms with van der Waals surface area (Å²) in [5.74, 6) is 0. The number of methoxy groups -OCH3 is 1. The van der Waals surface area contributed by atoms with Crippen molar-refractivity contribution in [1.82, 2.24) is 0 Å². The summed E-state index contributed by atoms with van der Waals surface area (Å²) in [5.41, 5.74) is 0. The highest BCUT2D eigenvalue weighted by atomic mass is 27.5. The van der Waals surface area contributed by atoms with Crippen LogP contribution in [0, 0.1) is 0 Å². The number of hydrogen-bond donors (Lipinski definition) is 0. The molecule has 0 bridgehead atoms. The van der Waals surface area contributed by atoms with Crippen molar-refractivity contribution in [3.05, 3.63) is 0 Å². The molecular formula is C9H20AlF4NO. The van der Waals surface area contributed by atoms with Gasteiger partial charge in [0.25, 0.3) is 0 Å². The standard InChI is InChI=1S/C9H20NO.Al.4FH/c1-9(2)10(8-11-3)6-4-5-7-10;;;;;/h9H,4-8H2,1-3H3;;4*1H/q+1;+3;;;;/p-4. The Morgan fingerprint density at radius 2 is 1.50 bits per heavy atom. The second-order valence-electron chi connectivity index (χ2n) is 4.38. The van der Waals surface area contributed by atoms with Crippen LogP contribution in [0.5, 0.6) is 0 Å². The van der Waals surface area contributed by atoms with Gasteiger partial charge in [0.1, 0.15) is 0 Å². The molecule has 1 saturated heterocycles. The highest BCUT2D eigenvalue weighted by Gasteiger charge is 2.41. The molecule has 0 aromatic rings. The third kappa shape index (κ3) is 6.69. The SMILES string of the molecule is COC[N+]1(C(C)C)CCCC1.[F][Al-]([F])([F])[F]. The lowest BCUT2D eigenvalue weighted by Crippen LogP contribution is -2.51. The van der Waals surface area contributed by atoms with E-state index in [0.29, 0.717) is 0 Å². The van der Waals surface area contributed by atoms with Crippen molar-refractivity contribution >= 4 is 14.9 Å². The number of nitrogens with zero attached hydrogens (tertiary/aromatic N) is 1. The molecule has 0 radical (unpaired) electrons. The minimum Gasteiger partial charge on any atom is -0.510 e. The Balaban J connectivity index is 0.000000385. The molecule has 0 aromatic carbocycles. The summed E-state index contributed by atoms with van der Waals surface area (Å²) in [4.78, 5) is 0. The fourth-order valence-electron chi connectivity index (χ4n) is 2.02. The zero-order valence-electron chi connectivity index (χ0n) is 10.1. The molecule has 0 aromatic heterocycles. The fraction of sp³-hybridized carbons (Fsp3) is 1.00. The van der Waals surface area contributed by atoms with Crippen LogP contribution >= 0.6 is 0 Å². The fourth-order valence-corrected chi connectivity index (χ4v) is 2.02. The van der Waals surface area contributed by atoms with Crippen molar-refractivity contribution in [3.8, 4) is 0 Å². The van der Waals surface area contributed by atoms with Gasteiger partial charge in [-0.1, -0.05) is 0 Å². The molecule has 0 unspecified atom stereocenters. The number of hydrogen-bond acceptors (Lipinski definition) is 1. The molecule has 1 aliphatic rings. The number of quaternary nitrogens is 1. The molecular weight excluding hydrogens is 241 g/mol. The lowest BCUT2D eigenvalue weighted by Gasteiger charge is -2.37. The predicted molar refractivity (Wildman–Crippen MR) is 56.4 cm³/mol. The molecule has 0 saturated carbocycles. The van der Waals surface area contributed by atoms with E-state index in [-0.39, 0.29) is 0 Å². The first-order valence-electron chi connectivity index (χ1n) is 5.43. The number of ether oxygens (including phenoxy) is 1. The van der Waals surface area contributed by atoms with Crippen LogP contribution < -0.4 is 0 Å². The topological polar surface area (TPSA) is 9.23 Å². The van der Waals surface area contributed by atoms with E-state index >= 15 is 0 Å². The molecule has 0 N–H and O–H groups in total. The van der Waals surface area contributed by atoms with E-state index in [1.807, 2.05) is 0 Å². The van der Waals surface area contributed by atoms with E-state index in [1.165, 1.54) is 30.4 Å². The van der Waals surface area contributed by atoms with Gasteiger partial charge in [0.2, 0.25) is 0 Å². The van der Waals surface area contributed by atoms with Crippen molar-refractivity contribution in [1.29, 1.82) is 0 Å². The highest BCUT2D eigenvalue weighted by Crippen LogP contribution is 2.22. The molecule has 0 spiro atoms. The molecule has 16 heavy (non-hydrogen) atoms. The van der Waals surface area contributed by atoms with Gasteiger partial charge < -0.3 is 18.8 Å². The van der Waals surface area contributed by atoms with Crippen molar-refractivity contribution in [2.24, 2.45) is 0 Å². The van der Waals surface area contributed by atoms with Crippen LogP contribution in [0.25, 0.3) is 0 Å². The van der Waals surface area contributed by atoms with E-state index in [0.717, 1.165) is 12.8 Å². The van der Waals surface area contributed by atoms with Crippen molar-refractivity contribution in [2.75, 3.05) is 26.9 Å². The van der Waals surface area contributed by atoms with Gasteiger partial charge in [-0.05, 0) is 13.8 Å². The van der Waals surface area contributed by atoms with E-state index in [4.69, 9.17) is 4.74 Å². The van der Waals surface area contributed by atoms with E-state index in [9.17, 15) is 14.1 Å². The molecule has 0 atom stereocenters. The third-order valence-corrected chi connectivity index (χ3v) is 2.94. The largest absolute Gasteiger partial charge is 1.04 e. The number of halogens is 4. The summed E-state index contributed by atoms with van der Waals surface area (Å²) in [6, 6.07) is 0.720. The molecule has 0 aliphatic carbocycles. The summed E-state index contributed by atoms with van der Waals surface area (Å²) in [6.07, 6.45) is 2.75. The Kier molecular flexibility index (Phi) is 6.87. The van der Waals surface area contributed by atoms with Gasteiger partial charge >= 0.3 is 14.9 Å². The van der Waals surface area contributed by atoms with E-state index < -0.39 is 14.9 Å². The average Bonchev–Trinajstić information content (AvgIpc) is 2.51. The minimum atomic E-state index is -6.83. The minimum absolute atomic E-state index is 0.720. The molecule has 1 fully saturated rings. The van der Waals surface area contributed by atoms with Crippen molar-refractivity contribution in [3.63, 3.8) is 0 Å². The number of rotatable bonds is 3. The number of likely N-dealkylation sites (tertiary alicyclic amines) is 1. The molecule has 0 amide bonds. The second kappa shape index (κ2) is 6.80. The van der Waals surface area contributed by atoms with Crippen LogP contribution in [0.3, 0.4) is 0 Å². The van der Waals surface area contributed by atoms with Gasteiger partial charge in [-0.3, -0.25) is 4.48 Å². The Morgan fingerprint density at radius 1 is 1.12 bits per heavy atom. The van der Waals surface area contributed by atoms with Gasteiger partial charge in [0.05, 0.1) is 19.1 Å². The summed E-state index contributed by atoms with van der Waals surface area (Å²) >= 11 is -6.83. The maximum atomic E-state index is 9.85. The normalized spacial score (nSPS) is 19.5. The summed E-state index contributed by atoms with van der Waals surface area (Å²) < 4.78 is 45.9. The third-order valence-electron chi connectivity index (χ3n) is 2.94. The Morgan fingerprint density at radius 3 is 1.75 bits per heavy atom. The predicted octanol–water partition coefficient (Wildman–Crippen LogP) is 2.91. The molecule has 1 rings (SSSR count). The Bertz CT molecular complexity index is 186. The smallest absolute Gasteiger partial charge is 0.510 e. The molecule has 1 heterocycles. The van der Waals surface area contributed by atoms with E-state index in [1.54, 1.807) is 7.11 Å². The summed E-state index contributed by atoms with van der Waals surface area (Å²) in [5, 5.41) is 0. The Hall–Kier alpha value is 0.172. The molecule has 98 valence electrons. The summed E-state index contributed by atoms with van der Waals surface area (Å²) in [7, 11) is 1.81. The lowest BCUT2D eigenvalue weighted by molar-refractivity contribution is -0.953. The van der Waals surface area contributed by atoms with Crippen molar-refractivity contribution < 1.29 is 23.3 Å². The van der Waals surface area contributed by atoms with E-state index in [2.05, 4.69) is 13.8 Å². The molecule has 2 nitrogen and oxygen atoms in total. The quantitative estimate of drug-likeness (QED) is 0.431. The summed E-state index contributed by atoms with van der Waals surface area (Å²) in [6.45, 7) is 8.11. The van der Waals surface area contributed by atoms with Crippen LogP contribution in [0.15, 0.2) is 0 Å². The second-order valence-corrected chi connectivity index (χ2v) is 5.37. The average molecular weight is 261 g/mol. The van der Waals surface area contributed by atoms with Gasteiger partial charge in [0.15, 0.2) is 6.73 Å². The maximum Gasteiger partial charge on any atom is 1.04 e.